The predicted octanol–water partition coefficient (Wildman–Crippen LogP) is 2.36. The number of carboxylic acids is 1. The van der Waals surface area contributed by atoms with E-state index in [0.717, 1.165) is 28.0 Å². The summed E-state index contributed by atoms with van der Waals surface area (Å²) in [5.41, 5.74) is 2.68. The number of aromatic nitrogens is 3. The van der Waals surface area contributed by atoms with Crippen LogP contribution in [-0.4, -0.2) is 25.6 Å². The van der Waals surface area contributed by atoms with E-state index in [9.17, 15) is 4.79 Å². The molecule has 3 rings (SSSR count). The van der Waals surface area contributed by atoms with E-state index in [1.807, 2.05) is 41.8 Å². The second-order valence-corrected chi connectivity index (χ2v) is 4.55. The highest BCUT2D eigenvalue weighted by atomic mass is 16.4. The van der Waals surface area contributed by atoms with E-state index in [4.69, 9.17) is 5.11 Å². The standard InChI is InChI=1S/C15H13N3O2/c1-10-12(8-15(19)20)11-4-2-3-5-13(11)18(10)14-6-7-16-9-17-14/h2-7,9H,8H2,1H3,(H,19,20). The summed E-state index contributed by atoms with van der Waals surface area (Å²) in [7, 11) is 0. The number of fused-ring (bicyclic) bond motifs is 1. The van der Waals surface area contributed by atoms with Crippen molar-refractivity contribution in [2.45, 2.75) is 13.3 Å². The molecule has 0 atom stereocenters. The molecule has 5 nitrogen and oxygen atoms in total. The third kappa shape index (κ3) is 1.93. The fourth-order valence-corrected chi connectivity index (χ4v) is 2.52. The van der Waals surface area contributed by atoms with Crippen molar-refractivity contribution in [1.82, 2.24) is 14.5 Å². The summed E-state index contributed by atoms with van der Waals surface area (Å²) >= 11 is 0. The Hall–Kier alpha value is -2.69. The van der Waals surface area contributed by atoms with Crippen LogP contribution in [0.3, 0.4) is 0 Å². The molecule has 0 unspecified atom stereocenters. The van der Waals surface area contributed by atoms with Crippen molar-refractivity contribution in [3.63, 3.8) is 0 Å². The van der Waals surface area contributed by atoms with Gasteiger partial charge < -0.3 is 5.11 Å². The van der Waals surface area contributed by atoms with Gasteiger partial charge in [-0.15, -0.1) is 0 Å². The molecule has 2 aromatic heterocycles. The van der Waals surface area contributed by atoms with Gasteiger partial charge in [-0.2, -0.15) is 0 Å². The summed E-state index contributed by atoms with van der Waals surface area (Å²) in [5, 5.41) is 10.0. The Morgan fingerprint density at radius 1 is 1.30 bits per heavy atom. The van der Waals surface area contributed by atoms with Gasteiger partial charge in [0.05, 0.1) is 11.9 Å². The molecule has 0 radical (unpaired) electrons. The van der Waals surface area contributed by atoms with Gasteiger partial charge in [-0.25, -0.2) is 9.97 Å². The first-order valence-corrected chi connectivity index (χ1v) is 6.25. The van der Waals surface area contributed by atoms with Crippen LogP contribution in [0.2, 0.25) is 0 Å². The van der Waals surface area contributed by atoms with Crippen LogP contribution in [0.4, 0.5) is 0 Å². The summed E-state index contributed by atoms with van der Waals surface area (Å²) in [6.45, 7) is 1.92. The van der Waals surface area contributed by atoms with E-state index < -0.39 is 5.97 Å². The normalized spacial score (nSPS) is 10.8. The van der Waals surface area contributed by atoms with Crippen molar-refractivity contribution in [2.24, 2.45) is 0 Å². The number of carbonyl (C=O) groups is 1. The van der Waals surface area contributed by atoms with E-state index >= 15 is 0 Å². The van der Waals surface area contributed by atoms with Crippen molar-refractivity contribution < 1.29 is 9.90 Å². The van der Waals surface area contributed by atoms with Crippen LogP contribution in [0.25, 0.3) is 16.7 Å². The molecule has 0 spiro atoms. The summed E-state index contributed by atoms with van der Waals surface area (Å²) < 4.78 is 1.97. The summed E-state index contributed by atoms with van der Waals surface area (Å²) in [5.74, 6) is -0.0935. The van der Waals surface area contributed by atoms with Crippen LogP contribution in [-0.2, 0) is 11.2 Å². The molecule has 20 heavy (non-hydrogen) atoms. The Morgan fingerprint density at radius 2 is 2.10 bits per heavy atom. The lowest BCUT2D eigenvalue weighted by atomic mass is 10.1. The van der Waals surface area contributed by atoms with Gasteiger partial charge in [-0.1, -0.05) is 18.2 Å². The van der Waals surface area contributed by atoms with Crippen LogP contribution in [0.15, 0.2) is 42.9 Å². The largest absolute Gasteiger partial charge is 0.481 e. The van der Waals surface area contributed by atoms with Gasteiger partial charge in [0.2, 0.25) is 0 Å². The van der Waals surface area contributed by atoms with E-state index in [1.165, 1.54) is 6.33 Å². The molecule has 0 saturated carbocycles. The molecule has 0 saturated heterocycles. The predicted molar refractivity (Wildman–Crippen MR) is 74.9 cm³/mol. The second-order valence-electron chi connectivity index (χ2n) is 4.55. The topological polar surface area (TPSA) is 68.0 Å². The van der Waals surface area contributed by atoms with Crippen LogP contribution >= 0.6 is 0 Å². The number of rotatable bonds is 3. The van der Waals surface area contributed by atoms with Crippen LogP contribution in [0.1, 0.15) is 11.3 Å². The highest BCUT2D eigenvalue weighted by Crippen LogP contribution is 2.28. The van der Waals surface area contributed by atoms with Crippen LogP contribution < -0.4 is 0 Å². The Labute approximate surface area is 115 Å². The van der Waals surface area contributed by atoms with E-state index in [-0.39, 0.29) is 6.42 Å². The van der Waals surface area contributed by atoms with Gasteiger partial charge in [0.25, 0.3) is 0 Å². The molecule has 5 heteroatoms. The smallest absolute Gasteiger partial charge is 0.307 e. The molecule has 100 valence electrons. The van der Waals surface area contributed by atoms with Crippen molar-refractivity contribution >= 4 is 16.9 Å². The molecule has 1 N–H and O–H groups in total. The first kappa shape index (κ1) is 12.3. The van der Waals surface area contributed by atoms with Crippen molar-refractivity contribution in [3.05, 3.63) is 54.1 Å². The Balaban J connectivity index is 2.32. The van der Waals surface area contributed by atoms with Crippen molar-refractivity contribution in [2.75, 3.05) is 0 Å². The lowest BCUT2D eigenvalue weighted by molar-refractivity contribution is -0.136. The summed E-state index contributed by atoms with van der Waals surface area (Å²) in [6, 6.07) is 9.57. The van der Waals surface area contributed by atoms with E-state index in [2.05, 4.69) is 9.97 Å². The second kappa shape index (κ2) is 4.77. The molecule has 0 bridgehead atoms. The average molecular weight is 267 g/mol. The van der Waals surface area contributed by atoms with Gasteiger partial charge in [-0.05, 0) is 24.6 Å². The number of nitrogens with zero attached hydrogens (tertiary/aromatic N) is 3. The zero-order valence-corrected chi connectivity index (χ0v) is 10.9. The average Bonchev–Trinajstić information content (AvgIpc) is 2.72. The lowest BCUT2D eigenvalue weighted by Gasteiger charge is -2.06. The maximum absolute atomic E-state index is 11.1. The summed E-state index contributed by atoms with van der Waals surface area (Å²) in [4.78, 5) is 19.2. The Bertz CT molecular complexity index is 778. The number of hydrogen-bond acceptors (Lipinski definition) is 3. The molecule has 0 aliphatic rings. The van der Waals surface area contributed by atoms with Gasteiger partial charge in [0.1, 0.15) is 12.1 Å². The molecule has 0 aliphatic heterocycles. The number of para-hydroxylation sites is 1. The lowest BCUT2D eigenvalue weighted by Crippen LogP contribution is -2.03. The maximum atomic E-state index is 11.1. The van der Waals surface area contributed by atoms with Crippen molar-refractivity contribution in [1.29, 1.82) is 0 Å². The fraction of sp³-hybridized carbons (Fsp3) is 0.133. The molecule has 0 fully saturated rings. The van der Waals surface area contributed by atoms with E-state index in [0.29, 0.717) is 0 Å². The number of carboxylic acid groups (broad SMARTS) is 1. The zero-order chi connectivity index (χ0) is 14.1. The first-order chi connectivity index (χ1) is 9.68. The molecular weight excluding hydrogens is 254 g/mol. The van der Waals surface area contributed by atoms with E-state index in [1.54, 1.807) is 6.20 Å². The molecule has 2 heterocycles. The highest BCUT2D eigenvalue weighted by Gasteiger charge is 2.17. The van der Waals surface area contributed by atoms with Gasteiger partial charge >= 0.3 is 5.97 Å². The molecule has 0 amide bonds. The minimum absolute atomic E-state index is 0.00440. The van der Waals surface area contributed by atoms with Gasteiger partial charge in [0, 0.05) is 17.3 Å². The SMILES string of the molecule is Cc1c(CC(=O)O)c2ccccc2n1-c1ccncn1. The Morgan fingerprint density at radius 3 is 2.80 bits per heavy atom. The molecular formula is C15H13N3O2. The number of aliphatic carboxylic acids is 1. The van der Waals surface area contributed by atoms with Gasteiger partial charge in [-0.3, -0.25) is 9.36 Å². The minimum Gasteiger partial charge on any atom is -0.481 e. The zero-order valence-electron chi connectivity index (χ0n) is 10.9. The molecule has 3 aromatic rings. The fourth-order valence-electron chi connectivity index (χ4n) is 2.52. The maximum Gasteiger partial charge on any atom is 0.307 e. The van der Waals surface area contributed by atoms with Crippen molar-refractivity contribution in [3.8, 4) is 5.82 Å². The Kier molecular flexibility index (Phi) is 2.95. The number of benzene rings is 1. The first-order valence-electron chi connectivity index (χ1n) is 6.25. The summed E-state index contributed by atoms with van der Waals surface area (Å²) in [6.07, 6.45) is 3.16. The highest BCUT2D eigenvalue weighted by molar-refractivity contribution is 5.90. The molecule has 0 aliphatic carbocycles. The minimum atomic E-state index is -0.835. The quantitative estimate of drug-likeness (QED) is 0.791. The van der Waals surface area contributed by atoms with Crippen LogP contribution in [0.5, 0.6) is 0 Å². The molecule has 1 aromatic carbocycles. The van der Waals surface area contributed by atoms with Crippen LogP contribution in [0, 0.1) is 6.92 Å². The third-order valence-corrected chi connectivity index (χ3v) is 3.37. The number of hydrogen-bond donors (Lipinski definition) is 1. The van der Waals surface area contributed by atoms with Gasteiger partial charge in [0.15, 0.2) is 0 Å². The third-order valence-electron chi connectivity index (χ3n) is 3.37. The monoisotopic (exact) mass is 267 g/mol.